The van der Waals surface area contributed by atoms with Gasteiger partial charge in [-0.25, -0.2) is 4.79 Å². The topological polar surface area (TPSA) is 34.5 Å². The number of aryl methyl sites for hydroxylation is 1. The largest absolute Gasteiger partial charge is 0.467 e. The van der Waals surface area contributed by atoms with Crippen LogP contribution in [0.25, 0.3) is 10.9 Å². The number of nitrogens with zero attached hydrogens (tertiary/aromatic N) is 2. The van der Waals surface area contributed by atoms with Crippen molar-refractivity contribution in [1.82, 2.24) is 9.47 Å². The first kappa shape index (κ1) is 18.5. The third-order valence-electron chi connectivity index (χ3n) is 5.06. The highest BCUT2D eigenvalue weighted by atomic mass is 32.2. The summed E-state index contributed by atoms with van der Waals surface area (Å²) in [5, 5.41) is 3.28. The van der Waals surface area contributed by atoms with E-state index in [4.69, 9.17) is 17.0 Å². The molecule has 0 amide bonds. The molecule has 0 radical (unpaired) electrons. The number of hydrogen-bond donors (Lipinski definition) is 0. The lowest BCUT2D eigenvalue weighted by Crippen LogP contribution is -2.48. The molecule has 0 bridgehead atoms. The summed E-state index contributed by atoms with van der Waals surface area (Å²) in [7, 11) is 3.53. The van der Waals surface area contributed by atoms with Gasteiger partial charge in [-0.05, 0) is 23.1 Å². The summed E-state index contributed by atoms with van der Waals surface area (Å²) >= 11 is 9.05. The fourth-order valence-corrected chi connectivity index (χ4v) is 5.70. The van der Waals surface area contributed by atoms with Gasteiger partial charge in [0.05, 0.1) is 13.7 Å². The van der Waals surface area contributed by atoms with Crippen LogP contribution < -0.4 is 0 Å². The van der Waals surface area contributed by atoms with Gasteiger partial charge in [-0.1, -0.05) is 48.2 Å². The second-order valence-corrected chi connectivity index (χ2v) is 9.15. The Bertz CT molecular complexity index is 994. The van der Waals surface area contributed by atoms with Gasteiger partial charge in [-0.3, -0.25) is 0 Å². The molecule has 0 saturated heterocycles. The minimum absolute atomic E-state index is 0.229. The molecule has 3 heterocycles. The summed E-state index contributed by atoms with van der Waals surface area (Å²) in [5.74, 6) is 0.593. The summed E-state index contributed by atoms with van der Waals surface area (Å²) in [6.45, 7) is 0.622. The molecule has 0 aliphatic carbocycles. The van der Waals surface area contributed by atoms with Crippen LogP contribution in [0.3, 0.4) is 0 Å². The number of carbonyl (C=O) groups is 1. The molecule has 0 fully saturated rings. The van der Waals surface area contributed by atoms with Crippen molar-refractivity contribution in [3.05, 3.63) is 57.9 Å². The van der Waals surface area contributed by atoms with Gasteiger partial charge >= 0.3 is 5.97 Å². The average molecular weight is 417 g/mol. The molecular weight excluding hydrogens is 396 g/mol. The maximum atomic E-state index is 12.5. The molecule has 3 aromatic rings. The number of benzene rings is 1. The van der Waals surface area contributed by atoms with Crippen LogP contribution in [-0.4, -0.2) is 32.9 Å². The summed E-state index contributed by atoms with van der Waals surface area (Å²) in [4.78, 5) is 15.8. The first-order valence-corrected chi connectivity index (χ1v) is 11.0. The van der Waals surface area contributed by atoms with Crippen molar-refractivity contribution < 1.29 is 9.53 Å². The van der Waals surface area contributed by atoms with Crippen molar-refractivity contribution in [2.45, 2.75) is 24.8 Å². The van der Waals surface area contributed by atoms with E-state index in [1.54, 1.807) is 23.1 Å². The molecular formula is C20H20N2O2S3. The van der Waals surface area contributed by atoms with E-state index in [0.717, 1.165) is 10.1 Å². The maximum absolute atomic E-state index is 12.5. The Morgan fingerprint density at radius 1 is 1.33 bits per heavy atom. The number of fused-ring (bicyclic) bond motifs is 3. The third kappa shape index (κ3) is 3.39. The lowest BCUT2D eigenvalue weighted by molar-refractivity contribution is -0.145. The first-order chi connectivity index (χ1) is 13.1. The molecule has 1 unspecified atom stereocenters. The molecule has 4 rings (SSSR count). The summed E-state index contributed by atoms with van der Waals surface area (Å²) in [5.41, 5.74) is 3.63. The number of ether oxygens (including phenoxy) is 1. The summed E-state index contributed by atoms with van der Waals surface area (Å²) in [6, 6.07) is 12.1. The number of thiophene rings is 1. The van der Waals surface area contributed by atoms with Gasteiger partial charge < -0.3 is 14.2 Å². The van der Waals surface area contributed by atoms with Gasteiger partial charge in [0, 0.05) is 40.7 Å². The zero-order valence-corrected chi connectivity index (χ0v) is 17.6. The molecule has 1 atom stereocenters. The molecule has 1 aliphatic heterocycles. The first-order valence-electron chi connectivity index (χ1n) is 8.69. The quantitative estimate of drug-likeness (QED) is 0.468. The maximum Gasteiger partial charge on any atom is 0.328 e. The van der Waals surface area contributed by atoms with Gasteiger partial charge in [-0.2, -0.15) is 0 Å². The monoisotopic (exact) mass is 416 g/mol. The molecule has 2 aromatic heterocycles. The van der Waals surface area contributed by atoms with Crippen LogP contribution in [0.1, 0.15) is 16.1 Å². The smallest absolute Gasteiger partial charge is 0.328 e. The third-order valence-corrected chi connectivity index (χ3v) is 7.65. The second-order valence-electron chi connectivity index (χ2n) is 6.51. The molecule has 4 nitrogen and oxygen atoms in total. The average Bonchev–Trinajstić information content (AvgIpc) is 3.32. The number of para-hydroxylation sites is 1. The lowest BCUT2D eigenvalue weighted by Gasteiger charge is -2.36. The number of rotatable bonds is 3. The van der Waals surface area contributed by atoms with Crippen LogP contribution in [0.2, 0.25) is 0 Å². The van der Waals surface area contributed by atoms with E-state index in [0.29, 0.717) is 13.0 Å². The molecule has 1 aromatic carbocycles. The Morgan fingerprint density at radius 2 is 2.15 bits per heavy atom. The van der Waals surface area contributed by atoms with E-state index in [1.807, 2.05) is 23.1 Å². The number of aromatic nitrogens is 1. The van der Waals surface area contributed by atoms with E-state index >= 15 is 0 Å². The standard InChI is InChI=1S/C20H20N2O2S3/c1-21-16-8-4-3-7-14(16)15-10-17(19(23)24-2)22(11-18(15)21)20(25)27-12-13-6-5-9-26-13/h3-9,17H,10-12H2,1-2H3. The van der Waals surface area contributed by atoms with E-state index in [1.165, 1.54) is 34.1 Å². The Labute approximate surface area is 172 Å². The highest BCUT2D eigenvalue weighted by Crippen LogP contribution is 2.34. The van der Waals surface area contributed by atoms with Crippen molar-refractivity contribution in [3.8, 4) is 0 Å². The summed E-state index contributed by atoms with van der Waals surface area (Å²) < 4.78 is 8.07. The highest BCUT2D eigenvalue weighted by molar-refractivity contribution is 8.22. The minimum Gasteiger partial charge on any atom is -0.467 e. The number of thioether (sulfide) groups is 1. The molecule has 140 valence electrons. The van der Waals surface area contributed by atoms with Crippen LogP contribution in [-0.2, 0) is 35.3 Å². The van der Waals surface area contributed by atoms with Crippen LogP contribution in [0.15, 0.2) is 41.8 Å². The van der Waals surface area contributed by atoms with Crippen molar-refractivity contribution in [2.75, 3.05) is 7.11 Å². The fourth-order valence-electron chi connectivity index (χ4n) is 3.68. The normalized spacial score (nSPS) is 16.4. The SMILES string of the molecule is COC(=O)C1Cc2c(n(C)c3ccccc23)CN1C(=S)SCc1cccs1. The molecule has 0 saturated carbocycles. The lowest BCUT2D eigenvalue weighted by atomic mass is 9.97. The van der Waals surface area contributed by atoms with Gasteiger partial charge in [0.25, 0.3) is 0 Å². The molecule has 0 N–H and O–H groups in total. The minimum atomic E-state index is -0.378. The van der Waals surface area contributed by atoms with Gasteiger partial charge in [0.2, 0.25) is 0 Å². The Balaban J connectivity index is 1.66. The van der Waals surface area contributed by atoms with Crippen LogP contribution in [0.4, 0.5) is 0 Å². The highest BCUT2D eigenvalue weighted by Gasteiger charge is 2.36. The zero-order chi connectivity index (χ0) is 19.0. The Morgan fingerprint density at radius 3 is 2.89 bits per heavy atom. The van der Waals surface area contributed by atoms with Crippen molar-refractivity contribution in [1.29, 1.82) is 0 Å². The summed E-state index contributed by atoms with van der Waals surface area (Å²) in [6.07, 6.45) is 0.614. The predicted molar refractivity (Wildman–Crippen MR) is 116 cm³/mol. The van der Waals surface area contributed by atoms with Crippen LogP contribution >= 0.6 is 35.3 Å². The molecule has 0 spiro atoms. The molecule has 1 aliphatic rings. The Kier molecular flexibility index (Phi) is 5.25. The van der Waals surface area contributed by atoms with E-state index < -0.39 is 0 Å². The van der Waals surface area contributed by atoms with Crippen LogP contribution in [0, 0.1) is 0 Å². The van der Waals surface area contributed by atoms with E-state index in [2.05, 4.69) is 35.2 Å². The van der Waals surface area contributed by atoms with E-state index in [9.17, 15) is 4.79 Å². The predicted octanol–water partition coefficient (Wildman–Crippen LogP) is 4.36. The number of hydrogen-bond acceptors (Lipinski definition) is 5. The fraction of sp³-hybridized carbons (Fsp3) is 0.300. The number of thiocarbonyl (C=S) groups is 1. The molecule has 7 heteroatoms. The van der Waals surface area contributed by atoms with Crippen molar-refractivity contribution in [2.24, 2.45) is 7.05 Å². The van der Waals surface area contributed by atoms with Gasteiger partial charge in [-0.15, -0.1) is 11.3 Å². The van der Waals surface area contributed by atoms with Crippen molar-refractivity contribution in [3.63, 3.8) is 0 Å². The van der Waals surface area contributed by atoms with Crippen molar-refractivity contribution >= 4 is 56.5 Å². The van der Waals surface area contributed by atoms with Gasteiger partial charge in [0.15, 0.2) is 0 Å². The Hall–Kier alpha value is -1.83. The number of methoxy groups -OCH3 is 1. The number of carbonyl (C=O) groups excluding carboxylic acids is 1. The second kappa shape index (κ2) is 7.66. The number of esters is 1. The zero-order valence-electron chi connectivity index (χ0n) is 15.2. The van der Waals surface area contributed by atoms with E-state index in [-0.39, 0.29) is 12.0 Å². The van der Waals surface area contributed by atoms with Crippen LogP contribution in [0.5, 0.6) is 0 Å². The molecule has 27 heavy (non-hydrogen) atoms. The van der Waals surface area contributed by atoms with Gasteiger partial charge in [0.1, 0.15) is 10.4 Å².